The highest BCUT2D eigenvalue weighted by Crippen LogP contribution is 2.31. The third kappa shape index (κ3) is 4.27. The van der Waals surface area contributed by atoms with Gasteiger partial charge in [0, 0.05) is 30.6 Å². The lowest BCUT2D eigenvalue weighted by Gasteiger charge is -2.31. The number of hydrogen-bond acceptors (Lipinski definition) is 2. The fraction of sp³-hybridized carbons (Fsp3) is 0.304. The van der Waals surface area contributed by atoms with Crippen molar-refractivity contribution in [2.75, 3.05) is 13.1 Å². The summed E-state index contributed by atoms with van der Waals surface area (Å²) >= 11 is 0. The minimum atomic E-state index is -0.207. The molecule has 27 heavy (non-hydrogen) atoms. The van der Waals surface area contributed by atoms with E-state index in [1.807, 2.05) is 29.2 Å². The Labute approximate surface area is 160 Å². The fourth-order valence-corrected chi connectivity index (χ4v) is 3.68. The van der Waals surface area contributed by atoms with Crippen LogP contribution < -0.4 is 5.32 Å². The first-order valence-electron chi connectivity index (χ1n) is 9.27. The summed E-state index contributed by atoms with van der Waals surface area (Å²) in [5, 5.41) is 2.74. The zero-order chi connectivity index (χ0) is 19.4. The molecule has 0 fully saturated rings. The van der Waals surface area contributed by atoms with Gasteiger partial charge in [0.15, 0.2) is 0 Å². The number of nitrogens with zero attached hydrogens (tertiary/aromatic N) is 1. The molecule has 1 aliphatic heterocycles. The molecule has 0 unspecified atom stereocenters. The zero-order valence-electron chi connectivity index (χ0n) is 16.0. The number of carbonyl (C=O) groups excluding carboxylic acids is 2. The van der Waals surface area contributed by atoms with Crippen molar-refractivity contribution in [3.8, 4) is 0 Å². The van der Waals surface area contributed by atoms with Crippen molar-refractivity contribution in [1.82, 2.24) is 10.2 Å². The number of rotatable bonds is 4. The molecule has 1 N–H and O–H groups in total. The van der Waals surface area contributed by atoms with Gasteiger partial charge < -0.3 is 10.2 Å². The Bertz CT molecular complexity index is 853. The molecule has 4 heteroatoms. The molecule has 1 heterocycles. The van der Waals surface area contributed by atoms with E-state index in [1.165, 1.54) is 17.2 Å². The second-order valence-electron chi connectivity index (χ2n) is 7.64. The lowest BCUT2D eigenvalue weighted by Crippen LogP contribution is -2.40. The first-order valence-corrected chi connectivity index (χ1v) is 9.27. The largest absolute Gasteiger partial charge is 0.348 e. The second kappa shape index (κ2) is 7.78. The number of benzene rings is 2. The molecule has 2 aromatic carbocycles. The SMILES string of the molecule is C=CC(=O)NCc1ccc(C(=O)N2CCc3ccccc3C(C)(C)C2)cc1. The Morgan fingerprint density at radius 1 is 1.15 bits per heavy atom. The van der Waals surface area contributed by atoms with Crippen molar-refractivity contribution in [3.05, 3.63) is 83.4 Å². The van der Waals surface area contributed by atoms with E-state index in [0.29, 0.717) is 18.7 Å². The maximum absolute atomic E-state index is 13.1. The number of fused-ring (bicyclic) bond motifs is 1. The molecule has 0 saturated heterocycles. The zero-order valence-corrected chi connectivity index (χ0v) is 16.0. The molecule has 140 valence electrons. The minimum absolute atomic E-state index is 0.0533. The predicted molar refractivity (Wildman–Crippen MR) is 108 cm³/mol. The van der Waals surface area contributed by atoms with E-state index in [-0.39, 0.29) is 17.2 Å². The summed E-state index contributed by atoms with van der Waals surface area (Å²) in [6.07, 6.45) is 2.12. The van der Waals surface area contributed by atoms with Gasteiger partial charge in [-0.15, -0.1) is 0 Å². The summed E-state index contributed by atoms with van der Waals surface area (Å²) < 4.78 is 0. The van der Waals surface area contributed by atoms with Gasteiger partial charge in [-0.2, -0.15) is 0 Å². The quantitative estimate of drug-likeness (QED) is 0.847. The van der Waals surface area contributed by atoms with Crippen molar-refractivity contribution in [2.45, 2.75) is 32.2 Å². The summed E-state index contributed by atoms with van der Waals surface area (Å²) in [6.45, 7) is 9.66. The predicted octanol–water partition coefficient (Wildman–Crippen LogP) is 3.46. The molecule has 1 aliphatic rings. The monoisotopic (exact) mass is 362 g/mol. The summed E-state index contributed by atoms with van der Waals surface area (Å²) in [6, 6.07) is 15.9. The number of nitrogens with one attached hydrogen (secondary N) is 1. The molecule has 4 nitrogen and oxygen atoms in total. The van der Waals surface area contributed by atoms with Gasteiger partial charge in [-0.3, -0.25) is 9.59 Å². The van der Waals surface area contributed by atoms with Crippen LogP contribution in [-0.2, 0) is 23.2 Å². The maximum Gasteiger partial charge on any atom is 0.253 e. The topological polar surface area (TPSA) is 49.4 Å². The molecular weight excluding hydrogens is 336 g/mol. The van der Waals surface area contributed by atoms with Crippen LogP contribution in [0, 0.1) is 0 Å². The maximum atomic E-state index is 13.1. The van der Waals surface area contributed by atoms with E-state index >= 15 is 0 Å². The highest BCUT2D eigenvalue weighted by atomic mass is 16.2. The van der Waals surface area contributed by atoms with Gasteiger partial charge in [-0.05, 0) is 41.3 Å². The molecule has 0 saturated carbocycles. The molecule has 0 spiro atoms. The van der Waals surface area contributed by atoms with Crippen molar-refractivity contribution < 1.29 is 9.59 Å². The van der Waals surface area contributed by atoms with Gasteiger partial charge in [0.1, 0.15) is 0 Å². The summed E-state index contributed by atoms with van der Waals surface area (Å²) in [5.74, 6) is -0.154. The van der Waals surface area contributed by atoms with Crippen LogP contribution in [0.15, 0.2) is 61.2 Å². The van der Waals surface area contributed by atoms with E-state index in [0.717, 1.165) is 18.5 Å². The summed E-state index contributed by atoms with van der Waals surface area (Å²) in [7, 11) is 0. The van der Waals surface area contributed by atoms with Crippen LogP contribution in [0.3, 0.4) is 0 Å². The highest BCUT2D eigenvalue weighted by molar-refractivity contribution is 5.94. The van der Waals surface area contributed by atoms with Crippen molar-refractivity contribution in [1.29, 1.82) is 0 Å². The third-order valence-corrected chi connectivity index (χ3v) is 5.12. The van der Waals surface area contributed by atoms with Crippen molar-refractivity contribution in [2.24, 2.45) is 0 Å². The van der Waals surface area contributed by atoms with Crippen LogP contribution in [-0.4, -0.2) is 29.8 Å². The average Bonchev–Trinajstić information content (AvgIpc) is 2.82. The van der Waals surface area contributed by atoms with Crippen LogP contribution in [0.25, 0.3) is 0 Å². The van der Waals surface area contributed by atoms with E-state index < -0.39 is 0 Å². The second-order valence-corrected chi connectivity index (χ2v) is 7.64. The molecule has 0 aliphatic carbocycles. The lowest BCUT2D eigenvalue weighted by atomic mass is 9.82. The molecule has 3 rings (SSSR count). The van der Waals surface area contributed by atoms with E-state index in [4.69, 9.17) is 0 Å². The Morgan fingerprint density at radius 3 is 2.56 bits per heavy atom. The minimum Gasteiger partial charge on any atom is -0.348 e. The summed E-state index contributed by atoms with van der Waals surface area (Å²) in [5.41, 5.74) is 4.19. The molecule has 0 radical (unpaired) electrons. The van der Waals surface area contributed by atoms with Crippen molar-refractivity contribution >= 4 is 11.8 Å². The van der Waals surface area contributed by atoms with Gasteiger partial charge >= 0.3 is 0 Å². The van der Waals surface area contributed by atoms with Crippen LogP contribution in [0.2, 0.25) is 0 Å². The normalized spacial score (nSPS) is 15.4. The fourth-order valence-electron chi connectivity index (χ4n) is 3.68. The molecular formula is C23H26N2O2. The van der Waals surface area contributed by atoms with Crippen molar-refractivity contribution in [3.63, 3.8) is 0 Å². The lowest BCUT2D eigenvalue weighted by molar-refractivity contribution is -0.116. The van der Waals surface area contributed by atoms with E-state index in [2.05, 4.69) is 50.0 Å². The average molecular weight is 362 g/mol. The molecule has 0 aromatic heterocycles. The Hall–Kier alpha value is -2.88. The van der Waals surface area contributed by atoms with E-state index in [9.17, 15) is 9.59 Å². The van der Waals surface area contributed by atoms with Gasteiger partial charge in [-0.25, -0.2) is 0 Å². The van der Waals surface area contributed by atoms with Gasteiger partial charge in [0.25, 0.3) is 5.91 Å². The Balaban J connectivity index is 1.73. The first kappa shape index (κ1) is 18.9. The van der Waals surface area contributed by atoms with Gasteiger partial charge in [0.05, 0.1) is 0 Å². The van der Waals surface area contributed by atoms with Crippen LogP contribution >= 0.6 is 0 Å². The standard InChI is InChI=1S/C23H26N2O2/c1-4-21(26)24-15-17-9-11-19(12-10-17)22(27)25-14-13-18-7-5-6-8-20(18)23(2,3)16-25/h4-12H,1,13-16H2,2-3H3,(H,24,26). The number of hydrogen-bond donors (Lipinski definition) is 1. The Kier molecular flexibility index (Phi) is 5.45. The molecule has 2 amide bonds. The number of carbonyl (C=O) groups is 2. The van der Waals surface area contributed by atoms with Gasteiger partial charge in [-0.1, -0.05) is 56.8 Å². The third-order valence-electron chi connectivity index (χ3n) is 5.12. The van der Waals surface area contributed by atoms with E-state index in [1.54, 1.807) is 0 Å². The summed E-state index contributed by atoms with van der Waals surface area (Å²) in [4.78, 5) is 26.3. The van der Waals surface area contributed by atoms with Crippen LogP contribution in [0.4, 0.5) is 0 Å². The molecule has 2 aromatic rings. The highest BCUT2D eigenvalue weighted by Gasteiger charge is 2.31. The molecule has 0 atom stereocenters. The first-order chi connectivity index (χ1) is 12.9. The van der Waals surface area contributed by atoms with Crippen LogP contribution in [0.1, 0.15) is 40.9 Å². The van der Waals surface area contributed by atoms with Crippen LogP contribution in [0.5, 0.6) is 0 Å². The van der Waals surface area contributed by atoms with Gasteiger partial charge in [0.2, 0.25) is 5.91 Å². The smallest absolute Gasteiger partial charge is 0.253 e. The molecule has 0 bridgehead atoms. The Morgan fingerprint density at radius 2 is 1.85 bits per heavy atom. The number of amides is 2.